The minimum absolute atomic E-state index is 0.0219. The van der Waals surface area contributed by atoms with E-state index in [1.807, 2.05) is 0 Å². The molecular formula is C75H145NO3. The highest BCUT2D eigenvalue weighted by atomic mass is 16.3. The molecule has 79 heavy (non-hydrogen) atoms. The molecule has 2 unspecified atom stereocenters. The van der Waals surface area contributed by atoms with Crippen LogP contribution in [0.1, 0.15) is 418 Å². The van der Waals surface area contributed by atoms with Crippen molar-refractivity contribution in [2.24, 2.45) is 0 Å². The number of amides is 1. The topological polar surface area (TPSA) is 69.6 Å². The van der Waals surface area contributed by atoms with Crippen molar-refractivity contribution in [3.63, 3.8) is 0 Å². The molecule has 0 bridgehead atoms. The predicted octanol–water partition coefficient (Wildman–Crippen LogP) is 25.1. The van der Waals surface area contributed by atoms with E-state index < -0.39 is 12.1 Å². The van der Waals surface area contributed by atoms with Gasteiger partial charge in [0.2, 0.25) is 5.91 Å². The van der Waals surface area contributed by atoms with Gasteiger partial charge in [-0.1, -0.05) is 397 Å². The second kappa shape index (κ2) is 70.9. The molecule has 0 aromatic rings. The lowest BCUT2D eigenvalue weighted by atomic mass is 10.0. The van der Waals surface area contributed by atoms with Gasteiger partial charge in [-0.2, -0.15) is 0 Å². The number of aliphatic hydroxyl groups excluding tert-OH is 2. The number of unbranched alkanes of at least 4 members (excludes halogenated alkanes) is 56. The molecule has 1 amide bonds. The quantitative estimate of drug-likeness (QED) is 0.0420. The smallest absolute Gasteiger partial charge is 0.220 e. The van der Waals surface area contributed by atoms with Crippen LogP contribution in [0.2, 0.25) is 0 Å². The Morgan fingerprint density at radius 2 is 0.519 bits per heavy atom. The molecule has 0 aliphatic rings. The summed E-state index contributed by atoms with van der Waals surface area (Å²) in [6.45, 7) is 4.40. The first-order chi connectivity index (χ1) is 39.2. The van der Waals surface area contributed by atoms with Crippen molar-refractivity contribution in [2.45, 2.75) is 431 Å². The Hall–Kier alpha value is -1.39. The van der Waals surface area contributed by atoms with Crippen molar-refractivity contribution in [1.29, 1.82) is 0 Å². The number of hydrogen-bond acceptors (Lipinski definition) is 3. The lowest BCUT2D eigenvalue weighted by Crippen LogP contribution is -2.45. The van der Waals surface area contributed by atoms with Crippen LogP contribution in [0.5, 0.6) is 0 Å². The molecule has 0 fully saturated rings. The van der Waals surface area contributed by atoms with Crippen LogP contribution in [-0.4, -0.2) is 34.9 Å². The number of nitrogens with one attached hydrogen (secondary N) is 1. The van der Waals surface area contributed by atoms with E-state index in [1.165, 1.54) is 353 Å². The van der Waals surface area contributed by atoms with E-state index in [0.717, 1.165) is 38.5 Å². The molecule has 4 heteroatoms. The summed E-state index contributed by atoms with van der Waals surface area (Å²) in [5.74, 6) is -0.0219. The molecule has 3 N–H and O–H groups in total. The zero-order valence-corrected chi connectivity index (χ0v) is 54.2. The predicted molar refractivity (Wildman–Crippen MR) is 355 cm³/mol. The largest absolute Gasteiger partial charge is 0.394 e. The summed E-state index contributed by atoms with van der Waals surface area (Å²) in [5.41, 5.74) is 0. The van der Waals surface area contributed by atoms with Gasteiger partial charge in [-0.15, -0.1) is 0 Å². The minimum atomic E-state index is -0.660. The Kier molecular flexibility index (Phi) is 69.6. The second-order valence-corrected chi connectivity index (χ2v) is 25.4. The molecular weight excluding hydrogens is 963 g/mol. The van der Waals surface area contributed by atoms with Gasteiger partial charge in [-0.3, -0.25) is 4.79 Å². The van der Waals surface area contributed by atoms with Crippen molar-refractivity contribution in [1.82, 2.24) is 5.32 Å². The fourth-order valence-corrected chi connectivity index (χ4v) is 11.8. The van der Waals surface area contributed by atoms with Crippen LogP contribution in [0.4, 0.5) is 0 Å². The molecule has 0 saturated carbocycles. The van der Waals surface area contributed by atoms with Gasteiger partial charge >= 0.3 is 0 Å². The number of hydrogen-bond donors (Lipinski definition) is 3. The Morgan fingerprint density at radius 1 is 0.304 bits per heavy atom. The summed E-state index contributed by atoms with van der Waals surface area (Å²) >= 11 is 0. The highest BCUT2D eigenvalue weighted by molar-refractivity contribution is 5.76. The maximum Gasteiger partial charge on any atom is 0.220 e. The van der Waals surface area contributed by atoms with E-state index >= 15 is 0 Å². The third-order valence-corrected chi connectivity index (χ3v) is 17.4. The highest BCUT2D eigenvalue weighted by Gasteiger charge is 2.20. The Bertz CT molecular complexity index is 1210. The molecule has 4 nitrogen and oxygen atoms in total. The zero-order valence-electron chi connectivity index (χ0n) is 54.2. The van der Waals surface area contributed by atoms with Crippen molar-refractivity contribution < 1.29 is 15.0 Å². The van der Waals surface area contributed by atoms with E-state index in [1.54, 1.807) is 0 Å². The third-order valence-electron chi connectivity index (χ3n) is 17.4. The fourth-order valence-electron chi connectivity index (χ4n) is 11.8. The van der Waals surface area contributed by atoms with Crippen molar-refractivity contribution in [3.8, 4) is 0 Å². The summed E-state index contributed by atoms with van der Waals surface area (Å²) in [7, 11) is 0. The standard InChI is InChI=1S/C75H145NO3/c1-3-5-7-9-11-13-15-17-19-21-23-25-27-29-31-33-35-36-37-38-39-40-41-43-45-47-49-51-53-55-57-59-61-63-65-67-69-71-75(79)76-73(72-77)74(78)70-68-66-64-62-60-58-56-54-52-50-48-46-44-42-34-32-30-28-26-24-22-20-18-16-14-12-10-8-6-4-2/h15,17,21,23,27,29,73-74,77-78H,3-14,16,18-20,22,24-26,28,30-72H2,1-2H3,(H,76,79)/b17-15-,23-21-,29-27-. The third kappa shape index (κ3) is 67.3. The molecule has 2 atom stereocenters. The average molecular weight is 1110 g/mol. The van der Waals surface area contributed by atoms with Gasteiger partial charge < -0.3 is 15.5 Å². The molecule has 0 rings (SSSR count). The van der Waals surface area contributed by atoms with Gasteiger partial charge in [0, 0.05) is 6.42 Å². The van der Waals surface area contributed by atoms with Gasteiger partial charge in [0.05, 0.1) is 18.8 Å². The maximum absolute atomic E-state index is 12.6. The maximum atomic E-state index is 12.6. The molecule has 0 heterocycles. The van der Waals surface area contributed by atoms with Crippen LogP contribution in [-0.2, 0) is 4.79 Å². The minimum Gasteiger partial charge on any atom is -0.394 e. The van der Waals surface area contributed by atoms with Crippen LogP contribution in [0.25, 0.3) is 0 Å². The second-order valence-electron chi connectivity index (χ2n) is 25.4. The number of allylic oxidation sites excluding steroid dienone is 6. The normalized spacial score (nSPS) is 12.8. The Labute approximate surface area is 497 Å². The molecule has 468 valence electrons. The van der Waals surface area contributed by atoms with Crippen LogP contribution >= 0.6 is 0 Å². The van der Waals surface area contributed by atoms with Crippen molar-refractivity contribution >= 4 is 5.91 Å². The van der Waals surface area contributed by atoms with E-state index in [2.05, 4.69) is 55.6 Å². The van der Waals surface area contributed by atoms with Gasteiger partial charge in [0.15, 0.2) is 0 Å². The molecule has 0 aromatic carbocycles. The highest BCUT2D eigenvalue weighted by Crippen LogP contribution is 2.20. The Morgan fingerprint density at radius 3 is 0.772 bits per heavy atom. The molecule has 0 aromatic heterocycles. The van der Waals surface area contributed by atoms with Crippen molar-refractivity contribution in [2.75, 3.05) is 6.61 Å². The van der Waals surface area contributed by atoms with Gasteiger partial charge in [0.1, 0.15) is 0 Å². The van der Waals surface area contributed by atoms with Crippen molar-refractivity contribution in [3.05, 3.63) is 36.5 Å². The summed E-state index contributed by atoms with van der Waals surface area (Å²) in [4.78, 5) is 12.6. The van der Waals surface area contributed by atoms with Gasteiger partial charge in [-0.25, -0.2) is 0 Å². The molecule has 0 radical (unpaired) electrons. The molecule has 0 aliphatic carbocycles. The zero-order chi connectivity index (χ0) is 56.9. The first-order valence-electron chi connectivity index (χ1n) is 36.7. The van der Waals surface area contributed by atoms with Crippen LogP contribution in [0.3, 0.4) is 0 Å². The first-order valence-corrected chi connectivity index (χ1v) is 36.7. The van der Waals surface area contributed by atoms with E-state index in [4.69, 9.17) is 0 Å². The lowest BCUT2D eigenvalue weighted by molar-refractivity contribution is -0.123. The summed E-state index contributed by atoms with van der Waals surface area (Å²) < 4.78 is 0. The van der Waals surface area contributed by atoms with Crippen LogP contribution < -0.4 is 5.32 Å². The van der Waals surface area contributed by atoms with E-state index in [9.17, 15) is 15.0 Å². The number of carbonyl (C=O) groups is 1. The lowest BCUT2D eigenvalue weighted by Gasteiger charge is -2.22. The molecule has 0 saturated heterocycles. The van der Waals surface area contributed by atoms with Crippen LogP contribution in [0.15, 0.2) is 36.5 Å². The molecule has 0 spiro atoms. The summed E-state index contributed by atoms with van der Waals surface area (Å²) in [5, 5.41) is 23.5. The fraction of sp³-hybridized carbons (Fsp3) is 0.907. The number of rotatable bonds is 69. The average Bonchev–Trinajstić information content (AvgIpc) is 3.45. The van der Waals surface area contributed by atoms with E-state index in [-0.39, 0.29) is 12.5 Å². The number of aliphatic hydroxyl groups is 2. The van der Waals surface area contributed by atoms with E-state index in [0.29, 0.717) is 12.8 Å². The van der Waals surface area contributed by atoms with Gasteiger partial charge in [-0.05, 0) is 51.4 Å². The first kappa shape index (κ1) is 77.6. The van der Waals surface area contributed by atoms with Gasteiger partial charge in [0.25, 0.3) is 0 Å². The summed E-state index contributed by atoms with van der Waals surface area (Å²) in [6.07, 6.45) is 97.9. The number of carbonyl (C=O) groups excluding carboxylic acids is 1. The van der Waals surface area contributed by atoms with Crippen LogP contribution in [0, 0.1) is 0 Å². The Balaban J connectivity index is 3.38. The monoisotopic (exact) mass is 1110 g/mol. The molecule has 0 aliphatic heterocycles. The summed E-state index contributed by atoms with van der Waals surface area (Å²) in [6, 6.07) is -0.536. The SMILES string of the molecule is CCCCCCC/C=C\C/C=C\C/C=C\CCCCCCCCCCCCCCCCCCCCCCCCC(=O)NC(CO)C(O)CCCCCCCCCCCCCCCCCCCCCCCCCCCCCCCC.